The minimum absolute atomic E-state index is 0.00618. The lowest BCUT2D eigenvalue weighted by Gasteiger charge is -2.29. The number of hydrogen-bond acceptors (Lipinski definition) is 6. The Balaban J connectivity index is 1.92. The van der Waals surface area contributed by atoms with Crippen LogP contribution >= 0.6 is 0 Å². The number of sulfone groups is 1. The molecule has 0 aromatic heterocycles. The van der Waals surface area contributed by atoms with Crippen LogP contribution in [0.15, 0.2) is 47.4 Å². The Kier molecular flexibility index (Phi) is 7.92. The summed E-state index contributed by atoms with van der Waals surface area (Å²) in [6, 6.07) is 10.8. The van der Waals surface area contributed by atoms with Crippen LogP contribution in [0, 0.1) is 6.92 Å². The molecular weight excluding hydrogens is 476 g/mol. The second kappa shape index (κ2) is 10.4. The Morgan fingerprint density at radius 2 is 1.79 bits per heavy atom. The van der Waals surface area contributed by atoms with Gasteiger partial charge >= 0.3 is 0 Å². The van der Waals surface area contributed by atoms with Gasteiger partial charge in [0.25, 0.3) is 15.9 Å². The Bertz CT molecular complexity index is 1240. The maximum Gasteiger partial charge on any atom is 0.264 e. The van der Waals surface area contributed by atoms with Gasteiger partial charge in [-0.05, 0) is 68.7 Å². The van der Waals surface area contributed by atoms with E-state index < -0.39 is 25.9 Å². The van der Waals surface area contributed by atoms with Crippen LogP contribution in [0.3, 0.4) is 0 Å². The van der Waals surface area contributed by atoms with Crippen molar-refractivity contribution in [1.82, 2.24) is 4.90 Å². The molecule has 1 atom stereocenters. The average molecular weight is 509 g/mol. The first-order chi connectivity index (χ1) is 16.0. The van der Waals surface area contributed by atoms with Gasteiger partial charge in [-0.25, -0.2) is 16.8 Å². The topological polar surface area (TPSA) is 101 Å². The van der Waals surface area contributed by atoms with Gasteiger partial charge in [-0.3, -0.25) is 9.10 Å². The van der Waals surface area contributed by atoms with Gasteiger partial charge in [-0.1, -0.05) is 13.0 Å². The quantitative estimate of drug-likeness (QED) is 0.515. The van der Waals surface area contributed by atoms with Gasteiger partial charge in [0.05, 0.1) is 28.7 Å². The van der Waals surface area contributed by atoms with Gasteiger partial charge in [0.1, 0.15) is 5.75 Å². The highest BCUT2D eigenvalue weighted by Crippen LogP contribution is 2.27. The molecule has 1 aliphatic rings. The Morgan fingerprint density at radius 1 is 1.12 bits per heavy atom. The smallest absolute Gasteiger partial charge is 0.264 e. The first-order valence-electron chi connectivity index (χ1n) is 11.3. The van der Waals surface area contributed by atoms with E-state index in [4.69, 9.17) is 4.74 Å². The predicted octanol–water partition coefficient (Wildman–Crippen LogP) is 3.26. The number of hydrogen-bond donors (Lipinski definition) is 0. The van der Waals surface area contributed by atoms with Crippen molar-refractivity contribution >= 4 is 31.5 Å². The van der Waals surface area contributed by atoms with Crippen molar-refractivity contribution < 1.29 is 26.4 Å². The van der Waals surface area contributed by atoms with Crippen molar-refractivity contribution in [3.63, 3.8) is 0 Å². The van der Waals surface area contributed by atoms with Crippen LogP contribution in [0.2, 0.25) is 0 Å². The van der Waals surface area contributed by atoms with Crippen LogP contribution in [-0.4, -0.2) is 65.4 Å². The fraction of sp³-hybridized carbons (Fsp3) is 0.458. The first-order valence-corrected chi connectivity index (χ1v) is 14.6. The van der Waals surface area contributed by atoms with Gasteiger partial charge in [0.15, 0.2) is 9.84 Å². The van der Waals surface area contributed by atoms with Gasteiger partial charge in [0, 0.05) is 25.2 Å². The molecule has 0 saturated carbocycles. The maximum absolute atomic E-state index is 13.5. The normalized spacial score (nSPS) is 17.4. The van der Waals surface area contributed by atoms with Gasteiger partial charge in [-0.2, -0.15) is 0 Å². The van der Waals surface area contributed by atoms with Crippen molar-refractivity contribution in [1.29, 1.82) is 0 Å². The van der Waals surface area contributed by atoms with E-state index in [1.165, 1.54) is 19.2 Å². The molecule has 1 fully saturated rings. The van der Waals surface area contributed by atoms with Crippen molar-refractivity contribution in [2.24, 2.45) is 0 Å². The number of anilines is 1. The molecule has 0 N–H and O–H groups in total. The zero-order chi connectivity index (χ0) is 25.1. The molecule has 2 aromatic carbocycles. The number of sulfonamides is 1. The Hall–Kier alpha value is -2.59. The molecule has 10 heteroatoms. The highest BCUT2D eigenvalue weighted by Gasteiger charge is 2.35. The lowest BCUT2D eigenvalue weighted by atomic mass is 10.1. The molecular formula is C24H32N2O6S2. The lowest BCUT2D eigenvalue weighted by Crippen LogP contribution is -2.42. The molecule has 0 radical (unpaired) electrons. The lowest BCUT2D eigenvalue weighted by molar-refractivity contribution is 0.0696. The number of carbonyl (C=O) groups is 1. The number of aryl methyl sites for hydroxylation is 1. The number of amides is 1. The number of ether oxygens (including phenoxy) is 1. The van der Waals surface area contributed by atoms with Crippen LogP contribution in [0.25, 0.3) is 0 Å². The summed E-state index contributed by atoms with van der Waals surface area (Å²) in [6.07, 6.45) is 1.06. The van der Waals surface area contributed by atoms with Crippen molar-refractivity contribution in [3.05, 3.63) is 53.6 Å². The standard InChI is InChI=1S/C24H32N2O6S2/c1-5-14-26(20-13-15-33(28,29)17-20)24(27)23-16-22(12-7-18(23)3)34(30,31)25(4)19-8-10-21(11-9-19)32-6-2/h7-12,16,20H,5-6,13-15,17H2,1-4H3. The summed E-state index contributed by atoms with van der Waals surface area (Å²) in [5.74, 6) is 0.300. The highest BCUT2D eigenvalue weighted by molar-refractivity contribution is 7.92. The van der Waals surface area contributed by atoms with Crippen molar-refractivity contribution in [2.75, 3.05) is 36.0 Å². The number of carbonyl (C=O) groups excluding carboxylic acids is 1. The van der Waals surface area contributed by atoms with E-state index in [2.05, 4.69) is 0 Å². The number of nitrogens with zero attached hydrogens (tertiary/aromatic N) is 2. The van der Waals surface area contributed by atoms with E-state index in [1.54, 1.807) is 42.2 Å². The van der Waals surface area contributed by atoms with Crippen LogP contribution in [0.1, 0.15) is 42.6 Å². The largest absolute Gasteiger partial charge is 0.494 e. The molecule has 186 valence electrons. The van der Waals surface area contributed by atoms with Gasteiger partial charge in [0.2, 0.25) is 0 Å². The van der Waals surface area contributed by atoms with Gasteiger partial charge in [-0.15, -0.1) is 0 Å². The molecule has 34 heavy (non-hydrogen) atoms. The summed E-state index contributed by atoms with van der Waals surface area (Å²) in [7, 11) is -5.65. The third-order valence-corrected chi connectivity index (χ3v) is 9.52. The maximum atomic E-state index is 13.5. The zero-order valence-electron chi connectivity index (χ0n) is 20.0. The van der Waals surface area contributed by atoms with E-state index in [9.17, 15) is 21.6 Å². The SMILES string of the molecule is CCCN(C(=O)c1cc(S(=O)(=O)N(C)c2ccc(OCC)cc2)ccc1C)C1CCS(=O)(=O)C1. The molecule has 2 aromatic rings. The second-order valence-corrected chi connectivity index (χ2v) is 12.6. The molecule has 3 rings (SSSR count). The summed E-state index contributed by atoms with van der Waals surface area (Å²) in [5.41, 5.74) is 1.36. The number of benzene rings is 2. The van der Waals surface area contributed by atoms with E-state index in [1.807, 2.05) is 13.8 Å². The monoisotopic (exact) mass is 508 g/mol. The minimum Gasteiger partial charge on any atom is -0.494 e. The van der Waals surface area contributed by atoms with E-state index >= 15 is 0 Å². The molecule has 0 aliphatic carbocycles. The predicted molar refractivity (Wildman–Crippen MR) is 133 cm³/mol. The van der Waals surface area contributed by atoms with E-state index in [0.29, 0.717) is 43.0 Å². The van der Waals surface area contributed by atoms with Gasteiger partial charge < -0.3 is 9.64 Å². The zero-order valence-corrected chi connectivity index (χ0v) is 21.7. The van der Waals surface area contributed by atoms with Crippen molar-refractivity contribution in [3.8, 4) is 5.75 Å². The molecule has 0 spiro atoms. The molecule has 0 bridgehead atoms. The van der Waals surface area contributed by atoms with Crippen LogP contribution in [-0.2, 0) is 19.9 Å². The summed E-state index contributed by atoms with van der Waals surface area (Å²) in [6.45, 7) is 6.45. The molecule has 1 heterocycles. The summed E-state index contributed by atoms with van der Waals surface area (Å²) >= 11 is 0. The van der Waals surface area contributed by atoms with E-state index in [0.717, 1.165) is 4.31 Å². The number of rotatable bonds is 9. The third-order valence-electron chi connectivity index (χ3n) is 5.98. The first kappa shape index (κ1) is 26.0. The van der Waals surface area contributed by atoms with Crippen molar-refractivity contribution in [2.45, 2.75) is 44.6 Å². The summed E-state index contributed by atoms with van der Waals surface area (Å²) in [4.78, 5) is 15.1. The summed E-state index contributed by atoms with van der Waals surface area (Å²) in [5, 5.41) is 0. The molecule has 1 aliphatic heterocycles. The van der Waals surface area contributed by atoms with Crippen LogP contribution in [0.5, 0.6) is 5.75 Å². The third kappa shape index (κ3) is 5.55. The highest BCUT2D eigenvalue weighted by atomic mass is 32.2. The minimum atomic E-state index is -3.94. The van der Waals surface area contributed by atoms with Crippen LogP contribution < -0.4 is 9.04 Å². The molecule has 8 nitrogen and oxygen atoms in total. The molecule has 1 saturated heterocycles. The fourth-order valence-corrected chi connectivity index (χ4v) is 7.03. The van der Waals surface area contributed by atoms with Crippen LogP contribution in [0.4, 0.5) is 5.69 Å². The summed E-state index contributed by atoms with van der Waals surface area (Å²) < 4.78 is 57.3. The fourth-order valence-electron chi connectivity index (χ4n) is 4.07. The Morgan fingerprint density at radius 3 is 2.35 bits per heavy atom. The average Bonchev–Trinajstić information content (AvgIpc) is 3.16. The Labute approximate surface area is 202 Å². The molecule has 1 unspecified atom stereocenters. The van der Waals surface area contributed by atoms with E-state index in [-0.39, 0.29) is 27.9 Å². The molecule has 1 amide bonds. The second-order valence-electron chi connectivity index (χ2n) is 8.43.